The Morgan fingerprint density at radius 3 is 2.19 bits per heavy atom. The van der Waals surface area contributed by atoms with E-state index in [-0.39, 0.29) is 18.0 Å². The maximum atomic E-state index is 12.8. The summed E-state index contributed by atoms with van der Waals surface area (Å²) in [5, 5.41) is 4.08. The van der Waals surface area contributed by atoms with Crippen LogP contribution < -0.4 is 0 Å². The molecule has 10 heteroatoms. The zero-order chi connectivity index (χ0) is 22.1. The van der Waals surface area contributed by atoms with E-state index >= 15 is 0 Å². The lowest BCUT2D eigenvalue weighted by Gasteiger charge is -2.33. The van der Waals surface area contributed by atoms with Crippen molar-refractivity contribution < 1.29 is 26.1 Å². The molecule has 1 aromatic heterocycles. The van der Waals surface area contributed by atoms with Crippen LogP contribution in [0.25, 0.3) is 11.3 Å². The molecule has 0 aliphatic carbocycles. The molecule has 1 aliphatic rings. The van der Waals surface area contributed by atoms with Crippen molar-refractivity contribution in [2.45, 2.75) is 17.6 Å². The Morgan fingerprint density at radius 1 is 0.935 bits per heavy atom. The first kappa shape index (κ1) is 21.5. The van der Waals surface area contributed by atoms with Gasteiger partial charge in [0.1, 0.15) is 5.69 Å². The molecule has 31 heavy (non-hydrogen) atoms. The Kier molecular flexibility index (Phi) is 5.87. The highest BCUT2D eigenvalue weighted by Gasteiger charge is 2.32. The molecule has 1 fully saturated rings. The lowest BCUT2D eigenvalue weighted by molar-refractivity contribution is -0.137. The Bertz CT molecular complexity index is 1120. The van der Waals surface area contributed by atoms with Gasteiger partial charge in [0.25, 0.3) is 0 Å². The topological polar surface area (TPSA) is 66.7 Å². The number of benzene rings is 2. The van der Waals surface area contributed by atoms with Crippen LogP contribution in [0.15, 0.2) is 70.1 Å². The number of aromatic nitrogens is 1. The highest BCUT2D eigenvalue weighted by Crippen LogP contribution is 2.30. The molecule has 0 saturated carbocycles. The summed E-state index contributed by atoms with van der Waals surface area (Å²) in [6.07, 6.45) is -4.50. The zero-order valence-corrected chi connectivity index (χ0v) is 17.2. The van der Waals surface area contributed by atoms with Gasteiger partial charge in [0, 0.05) is 37.8 Å². The summed E-state index contributed by atoms with van der Waals surface area (Å²) in [7, 11) is -3.85. The highest BCUT2D eigenvalue weighted by molar-refractivity contribution is 7.89. The van der Waals surface area contributed by atoms with Crippen molar-refractivity contribution in [2.24, 2.45) is 0 Å². The average molecular weight is 451 g/mol. The lowest BCUT2D eigenvalue weighted by Crippen LogP contribution is -2.48. The quantitative estimate of drug-likeness (QED) is 0.589. The van der Waals surface area contributed by atoms with E-state index in [4.69, 9.17) is 4.52 Å². The van der Waals surface area contributed by atoms with Crippen molar-refractivity contribution in [1.29, 1.82) is 0 Å². The Hall–Kier alpha value is -2.69. The van der Waals surface area contributed by atoms with Gasteiger partial charge in [0.05, 0.1) is 17.0 Å². The van der Waals surface area contributed by atoms with Crippen LogP contribution in [0.1, 0.15) is 11.3 Å². The number of alkyl halides is 3. The van der Waals surface area contributed by atoms with Gasteiger partial charge in [-0.1, -0.05) is 35.5 Å². The summed E-state index contributed by atoms with van der Waals surface area (Å²) in [6.45, 7) is 1.92. The minimum atomic E-state index is -4.50. The zero-order valence-electron chi connectivity index (χ0n) is 16.4. The van der Waals surface area contributed by atoms with Crippen LogP contribution in [-0.4, -0.2) is 49.0 Å². The normalized spacial score (nSPS) is 16.5. The average Bonchev–Trinajstić information content (AvgIpc) is 3.23. The van der Waals surface area contributed by atoms with Gasteiger partial charge in [-0.2, -0.15) is 17.5 Å². The second kappa shape index (κ2) is 8.45. The molecule has 0 bridgehead atoms. The Labute approximate surface area is 177 Å². The van der Waals surface area contributed by atoms with Crippen LogP contribution in [0.5, 0.6) is 0 Å². The standard InChI is InChI=1S/C21H20F3N3O3S/c22-21(23,24)17-6-8-19(9-7-17)31(28,29)27-12-10-26(11-13-27)15-18-14-20(25-30-18)16-4-2-1-3-5-16/h1-9,14H,10-13,15H2. The van der Waals surface area contributed by atoms with Gasteiger partial charge in [-0.25, -0.2) is 8.42 Å². The SMILES string of the molecule is O=S(=O)(c1ccc(C(F)(F)F)cc1)N1CCN(Cc2cc(-c3ccccc3)no2)CC1. The molecule has 4 rings (SSSR count). The fourth-order valence-electron chi connectivity index (χ4n) is 3.45. The van der Waals surface area contributed by atoms with E-state index < -0.39 is 21.8 Å². The molecule has 6 nitrogen and oxygen atoms in total. The summed E-state index contributed by atoms with van der Waals surface area (Å²) >= 11 is 0. The molecule has 0 radical (unpaired) electrons. The van der Waals surface area contributed by atoms with Crippen LogP contribution >= 0.6 is 0 Å². The third-order valence-electron chi connectivity index (χ3n) is 5.16. The number of halogens is 3. The molecule has 0 amide bonds. The third-order valence-corrected chi connectivity index (χ3v) is 7.07. The summed E-state index contributed by atoms with van der Waals surface area (Å²) in [5.74, 6) is 0.679. The van der Waals surface area contributed by atoms with Crippen LogP contribution in [-0.2, 0) is 22.7 Å². The van der Waals surface area contributed by atoms with Crippen LogP contribution in [0.2, 0.25) is 0 Å². The summed E-state index contributed by atoms with van der Waals surface area (Å²) in [5.41, 5.74) is 0.808. The second-order valence-electron chi connectivity index (χ2n) is 7.25. The number of piperazine rings is 1. The predicted molar refractivity (Wildman–Crippen MR) is 107 cm³/mol. The van der Waals surface area contributed by atoms with E-state index in [1.165, 1.54) is 4.31 Å². The van der Waals surface area contributed by atoms with Gasteiger partial charge in [-0.15, -0.1) is 0 Å². The van der Waals surface area contributed by atoms with Gasteiger partial charge in [-0.3, -0.25) is 4.90 Å². The molecule has 1 aliphatic heterocycles. The van der Waals surface area contributed by atoms with E-state index in [9.17, 15) is 21.6 Å². The second-order valence-corrected chi connectivity index (χ2v) is 9.18. The van der Waals surface area contributed by atoms with Gasteiger partial charge in [0.15, 0.2) is 5.76 Å². The number of rotatable bonds is 5. The van der Waals surface area contributed by atoms with Crippen molar-refractivity contribution in [2.75, 3.05) is 26.2 Å². The molecule has 3 aromatic rings. The van der Waals surface area contributed by atoms with Crippen molar-refractivity contribution in [3.05, 3.63) is 72.0 Å². The number of nitrogens with zero attached hydrogens (tertiary/aromatic N) is 3. The van der Waals surface area contributed by atoms with Crippen LogP contribution in [0.3, 0.4) is 0 Å². The molecular weight excluding hydrogens is 431 g/mol. The van der Waals surface area contributed by atoms with Gasteiger partial charge in [0.2, 0.25) is 10.0 Å². The monoisotopic (exact) mass is 451 g/mol. The first-order valence-corrected chi connectivity index (χ1v) is 11.1. The summed E-state index contributed by atoms with van der Waals surface area (Å²) in [4.78, 5) is 1.91. The molecule has 2 heterocycles. The number of sulfonamides is 1. The molecule has 0 spiro atoms. The van der Waals surface area contributed by atoms with E-state index in [2.05, 4.69) is 5.16 Å². The minimum Gasteiger partial charge on any atom is -0.359 e. The fourth-order valence-corrected chi connectivity index (χ4v) is 4.87. The summed E-state index contributed by atoms with van der Waals surface area (Å²) in [6, 6.07) is 15.1. The van der Waals surface area contributed by atoms with Gasteiger partial charge >= 0.3 is 6.18 Å². The molecule has 2 aromatic carbocycles. The summed E-state index contributed by atoms with van der Waals surface area (Å²) < 4.78 is 70.4. The van der Waals surface area contributed by atoms with Crippen molar-refractivity contribution in [3.63, 3.8) is 0 Å². The van der Waals surface area contributed by atoms with Gasteiger partial charge in [-0.05, 0) is 24.3 Å². The van der Waals surface area contributed by atoms with E-state index in [0.29, 0.717) is 25.4 Å². The van der Waals surface area contributed by atoms with Crippen molar-refractivity contribution >= 4 is 10.0 Å². The van der Waals surface area contributed by atoms with E-state index in [1.54, 1.807) is 0 Å². The van der Waals surface area contributed by atoms with Crippen LogP contribution in [0.4, 0.5) is 13.2 Å². The molecular formula is C21H20F3N3O3S. The van der Waals surface area contributed by atoms with E-state index in [1.807, 2.05) is 41.3 Å². The van der Waals surface area contributed by atoms with E-state index in [0.717, 1.165) is 35.5 Å². The Morgan fingerprint density at radius 2 is 1.58 bits per heavy atom. The number of hydrogen-bond acceptors (Lipinski definition) is 5. The third kappa shape index (κ3) is 4.81. The van der Waals surface area contributed by atoms with Crippen LogP contribution in [0, 0.1) is 0 Å². The fraction of sp³-hybridized carbons (Fsp3) is 0.286. The largest absolute Gasteiger partial charge is 0.416 e. The maximum Gasteiger partial charge on any atom is 0.416 e. The molecule has 0 unspecified atom stereocenters. The lowest BCUT2D eigenvalue weighted by atomic mass is 10.1. The predicted octanol–water partition coefficient (Wildman–Crippen LogP) is 3.87. The highest BCUT2D eigenvalue weighted by atomic mass is 32.2. The molecule has 164 valence electrons. The van der Waals surface area contributed by atoms with Crippen molar-refractivity contribution in [3.8, 4) is 11.3 Å². The van der Waals surface area contributed by atoms with Crippen molar-refractivity contribution in [1.82, 2.24) is 14.4 Å². The maximum absolute atomic E-state index is 12.8. The van der Waals surface area contributed by atoms with Gasteiger partial charge < -0.3 is 4.52 Å². The molecule has 0 atom stereocenters. The molecule has 0 N–H and O–H groups in total. The first-order chi connectivity index (χ1) is 14.7. The smallest absolute Gasteiger partial charge is 0.359 e. The number of hydrogen-bond donors (Lipinski definition) is 0. The Balaban J connectivity index is 1.37. The minimum absolute atomic E-state index is 0.142. The molecule has 1 saturated heterocycles. The first-order valence-electron chi connectivity index (χ1n) is 9.64.